The molecule has 98 valence electrons. The van der Waals surface area contributed by atoms with Crippen LogP contribution >= 0.6 is 11.6 Å². The second-order valence-corrected chi connectivity index (χ2v) is 8.82. The minimum Gasteiger partial charge on any atom is -0.314 e. The van der Waals surface area contributed by atoms with Gasteiger partial charge in [0, 0.05) is 18.5 Å². The Morgan fingerprint density at radius 2 is 1.75 bits per heavy atom. The first-order valence-corrected chi connectivity index (χ1v) is 7.74. The summed E-state index contributed by atoms with van der Waals surface area (Å²) in [6, 6.07) is 0. The first-order valence-electron chi connectivity index (χ1n) is 5.65. The predicted molar refractivity (Wildman–Crippen MR) is 70.9 cm³/mol. The third kappa shape index (κ3) is 5.51. The highest BCUT2D eigenvalue weighted by Gasteiger charge is 2.28. The van der Waals surface area contributed by atoms with Crippen molar-refractivity contribution in [2.24, 2.45) is 5.92 Å². The van der Waals surface area contributed by atoms with Crippen molar-refractivity contribution in [3.63, 3.8) is 0 Å². The van der Waals surface area contributed by atoms with E-state index in [1.54, 1.807) is 20.8 Å². The Morgan fingerprint density at radius 3 is 2.12 bits per heavy atom. The van der Waals surface area contributed by atoms with E-state index in [-0.39, 0.29) is 11.1 Å². The van der Waals surface area contributed by atoms with Crippen LogP contribution in [-0.4, -0.2) is 37.4 Å². The lowest BCUT2D eigenvalue weighted by molar-refractivity contribution is 0.540. The van der Waals surface area contributed by atoms with Gasteiger partial charge in [0.25, 0.3) is 0 Å². The van der Waals surface area contributed by atoms with Gasteiger partial charge in [0.2, 0.25) is 0 Å². The molecule has 1 N–H and O–H groups in total. The second-order valence-electron chi connectivity index (χ2n) is 5.40. The van der Waals surface area contributed by atoms with Gasteiger partial charge in [-0.25, -0.2) is 8.42 Å². The lowest BCUT2D eigenvalue weighted by Crippen LogP contribution is -2.36. The van der Waals surface area contributed by atoms with Crippen LogP contribution in [0.4, 0.5) is 0 Å². The molecule has 0 aliphatic rings. The maximum Gasteiger partial charge on any atom is 0.156 e. The van der Waals surface area contributed by atoms with E-state index in [1.165, 1.54) is 0 Å². The summed E-state index contributed by atoms with van der Waals surface area (Å²) in [6.45, 7) is 10.4. The molecule has 0 aliphatic heterocycles. The van der Waals surface area contributed by atoms with Gasteiger partial charge in [-0.2, -0.15) is 0 Å². The van der Waals surface area contributed by atoms with Crippen molar-refractivity contribution >= 4 is 21.4 Å². The van der Waals surface area contributed by atoms with Gasteiger partial charge in [0.1, 0.15) is 0 Å². The first-order chi connectivity index (χ1) is 7.08. The van der Waals surface area contributed by atoms with E-state index in [4.69, 9.17) is 11.6 Å². The first kappa shape index (κ1) is 16.2. The van der Waals surface area contributed by atoms with Gasteiger partial charge in [0.05, 0.1) is 10.5 Å². The molecule has 0 aromatic carbocycles. The third-order valence-corrected chi connectivity index (χ3v) is 5.81. The smallest absolute Gasteiger partial charge is 0.156 e. The van der Waals surface area contributed by atoms with E-state index in [9.17, 15) is 8.42 Å². The summed E-state index contributed by atoms with van der Waals surface area (Å²) in [5, 5.41) is 3.14. The third-order valence-electron chi connectivity index (χ3n) is 2.54. The van der Waals surface area contributed by atoms with Crippen LogP contribution in [0.15, 0.2) is 0 Å². The average Bonchev–Trinajstić information content (AvgIpc) is 2.09. The highest BCUT2D eigenvalue weighted by molar-refractivity contribution is 7.92. The molecular formula is C11H24ClNO2S. The van der Waals surface area contributed by atoms with Gasteiger partial charge in [-0.1, -0.05) is 13.8 Å². The molecule has 1 unspecified atom stereocenters. The van der Waals surface area contributed by atoms with E-state index in [2.05, 4.69) is 5.32 Å². The molecule has 5 heteroatoms. The van der Waals surface area contributed by atoms with Gasteiger partial charge in [-0.05, 0) is 26.7 Å². The molecule has 0 saturated carbocycles. The van der Waals surface area contributed by atoms with Crippen molar-refractivity contribution in [3.8, 4) is 0 Å². The van der Waals surface area contributed by atoms with Crippen molar-refractivity contribution < 1.29 is 8.42 Å². The van der Waals surface area contributed by atoms with E-state index < -0.39 is 14.6 Å². The zero-order chi connectivity index (χ0) is 13.0. The maximum absolute atomic E-state index is 11.8. The summed E-state index contributed by atoms with van der Waals surface area (Å²) in [7, 11) is -3.02. The number of hydrogen-bond acceptors (Lipinski definition) is 3. The molecule has 0 aromatic rings. The summed E-state index contributed by atoms with van der Waals surface area (Å²) < 4.78 is 22.8. The van der Waals surface area contributed by atoms with Crippen molar-refractivity contribution in [2.45, 2.75) is 44.7 Å². The average molecular weight is 270 g/mol. The molecule has 0 heterocycles. The molecule has 0 amide bonds. The number of alkyl halides is 1. The summed E-state index contributed by atoms with van der Waals surface area (Å²) in [5.41, 5.74) is 0. The highest BCUT2D eigenvalue weighted by atomic mass is 35.5. The van der Waals surface area contributed by atoms with Crippen LogP contribution < -0.4 is 5.32 Å². The van der Waals surface area contributed by atoms with E-state index in [0.717, 1.165) is 0 Å². The number of halogens is 1. The van der Waals surface area contributed by atoms with Gasteiger partial charge in [-0.3, -0.25) is 0 Å². The van der Waals surface area contributed by atoms with Crippen LogP contribution in [-0.2, 0) is 9.84 Å². The highest BCUT2D eigenvalue weighted by Crippen LogP contribution is 2.15. The number of hydrogen-bond donors (Lipinski definition) is 1. The molecule has 0 fully saturated rings. The molecule has 0 aliphatic carbocycles. The van der Waals surface area contributed by atoms with Crippen molar-refractivity contribution in [3.05, 3.63) is 0 Å². The summed E-state index contributed by atoms with van der Waals surface area (Å²) in [4.78, 5) is 0. The summed E-state index contributed by atoms with van der Waals surface area (Å²) in [5.74, 6) is 0.562. The minimum atomic E-state index is -3.02. The van der Waals surface area contributed by atoms with E-state index in [1.807, 2.05) is 13.8 Å². The Bertz CT molecular complexity index is 294. The van der Waals surface area contributed by atoms with Crippen LogP contribution in [0.25, 0.3) is 0 Å². The Hall–Kier alpha value is 0.200. The van der Waals surface area contributed by atoms with Crippen molar-refractivity contribution in [2.75, 3.05) is 18.8 Å². The van der Waals surface area contributed by atoms with Crippen LogP contribution in [0.1, 0.15) is 34.6 Å². The predicted octanol–water partition coefficient (Wildman–Crippen LogP) is 2.05. The Kier molecular flexibility index (Phi) is 6.30. The number of rotatable bonds is 6. The van der Waals surface area contributed by atoms with Crippen molar-refractivity contribution in [1.29, 1.82) is 0 Å². The molecule has 0 rings (SSSR count). The number of sulfone groups is 1. The largest absolute Gasteiger partial charge is 0.314 e. The summed E-state index contributed by atoms with van der Waals surface area (Å²) in [6.07, 6.45) is 0. The van der Waals surface area contributed by atoms with Gasteiger partial charge in [-0.15, -0.1) is 11.6 Å². The van der Waals surface area contributed by atoms with Crippen molar-refractivity contribution in [1.82, 2.24) is 5.32 Å². The normalized spacial score (nSPS) is 15.4. The lowest BCUT2D eigenvalue weighted by Gasteiger charge is -2.20. The Labute approximate surface area is 105 Å². The molecule has 16 heavy (non-hydrogen) atoms. The monoisotopic (exact) mass is 269 g/mol. The molecule has 0 saturated heterocycles. The Balaban J connectivity index is 3.93. The second kappa shape index (κ2) is 6.22. The number of nitrogens with one attached hydrogen (secondary N) is 1. The van der Waals surface area contributed by atoms with Gasteiger partial charge >= 0.3 is 0 Å². The molecule has 0 radical (unpaired) electrons. The fraction of sp³-hybridized carbons (Fsp3) is 1.00. The quantitative estimate of drug-likeness (QED) is 0.593. The molecule has 1 atom stereocenters. The maximum atomic E-state index is 11.8. The zero-order valence-electron chi connectivity index (χ0n) is 10.9. The fourth-order valence-electron chi connectivity index (χ4n) is 0.988. The summed E-state index contributed by atoms with van der Waals surface area (Å²) >= 11 is 6.04. The standard InChI is InChI=1S/C11H24ClNO2S/c1-9(2)10(12)8-13-6-7-16(14,15)11(3,4)5/h9-10,13H,6-8H2,1-5H3. The molecule has 3 nitrogen and oxygen atoms in total. The Morgan fingerprint density at radius 1 is 1.25 bits per heavy atom. The van der Waals surface area contributed by atoms with Gasteiger partial charge in [0.15, 0.2) is 9.84 Å². The van der Waals surface area contributed by atoms with Crippen LogP contribution in [0.5, 0.6) is 0 Å². The fourth-order valence-corrected chi connectivity index (χ4v) is 2.12. The molecule has 0 aromatic heterocycles. The minimum absolute atomic E-state index is 0.0531. The molecular weight excluding hydrogens is 246 g/mol. The van der Waals surface area contributed by atoms with Crippen LogP contribution in [0.3, 0.4) is 0 Å². The van der Waals surface area contributed by atoms with Crippen LogP contribution in [0.2, 0.25) is 0 Å². The molecule has 0 bridgehead atoms. The van der Waals surface area contributed by atoms with E-state index in [0.29, 0.717) is 19.0 Å². The topological polar surface area (TPSA) is 46.2 Å². The van der Waals surface area contributed by atoms with Crippen LogP contribution in [0, 0.1) is 5.92 Å². The SMILES string of the molecule is CC(C)C(Cl)CNCCS(=O)(=O)C(C)(C)C. The lowest BCUT2D eigenvalue weighted by atomic mass is 10.1. The van der Waals surface area contributed by atoms with Gasteiger partial charge < -0.3 is 5.32 Å². The zero-order valence-corrected chi connectivity index (χ0v) is 12.5. The van der Waals surface area contributed by atoms with E-state index >= 15 is 0 Å². The molecule has 0 spiro atoms.